The third-order valence-corrected chi connectivity index (χ3v) is 5.51. The van der Waals surface area contributed by atoms with Crippen molar-refractivity contribution in [2.24, 2.45) is 0 Å². The summed E-state index contributed by atoms with van der Waals surface area (Å²) in [6.45, 7) is 6.41. The first-order chi connectivity index (χ1) is 10.6. The lowest BCUT2D eigenvalue weighted by Crippen LogP contribution is -2.33. The topological polar surface area (TPSA) is 49.4 Å². The molecular formula is C17H26N2O2S. The molecule has 22 heavy (non-hydrogen) atoms. The molecule has 1 aliphatic rings. The molecule has 0 unspecified atom stereocenters. The van der Waals surface area contributed by atoms with E-state index in [-0.39, 0.29) is 11.8 Å². The summed E-state index contributed by atoms with van der Waals surface area (Å²) in [5.41, 5.74) is 1.20. The Hall–Kier alpha value is -1.36. The van der Waals surface area contributed by atoms with Crippen molar-refractivity contribution in [2.45, 2.75) is 52.4 Å². The fraction of sp³-hybridized carbons (Fsp3) is 0.647. The highest BCUT2D eigenvalue weighted by molar-refractivity contribution is 7.14. The van der Waals surface area contributed by atoms with Crippen molar-refractivity contribution in [1.82, 2.24) is 10.2 Å². The first kappa shape index (κ1) is 17.0. The van der Waals surface area contributed by atoms with Crippen molar-refractivity contribution >= 4 is 23.2 Å². The molecule has 2 rings (SSSR count). The first-order valence-electron chi connectivity index (χ1n) is 8.27. The smallest absolute Gasteiger partial charge is 0.261 e. The van der Waals surface area contributed by atoms with Crippen LogP contribution in [0.25, 0.3) is 0 Å². The molecule has 1 aromatic heterocycles. The van der Waals surface area contributed by atoms with Crippen LogP contribution in [-0.4, -0.2) is 36.3 Å². The van der Waals surface area contributed by atoms with Crippen LogP contribution in [0, 0.1) is 6.92 Å². The summed E-state index contributed by atoms with van der Waals surface area (Å²) in [4.78, 5) is 28.0. The number of nitrogens with one attached hydrogen (secondary N) is 1. The van der Waals surface area contributed by atoms with Crippen LogP contribution in [0.3, 0.4) is 0 Å². The van der Waals surface area contributed by atoms with Crippen molar-refractivity contribution in [2.75, 3.05) is 19.6 Å². The van der Waals surface area contributed by atoms with Gasteiger partial charge in [-0.15, -0.1) is 11.3 Å². The van der Waals surface area contributed by atoms with Crippen molar-refractivity contribution < 1.29 is 9.59 Å². The standard InChI is InChI=1S/C17H26N2O2S/c1-3-14-13(2)12-15(22-14)17(21)18-9-7-11-19-10-6-4-5-8-16(19)20/h12H,3-11H2,1-2H3,(H,18,21). The van der Waals surface area contributed by atoms with Gasteiger partial charge in [-0.05, 0) is 44.2 Å². The molecule has 1 aliphatic heterocycles. The normalized spacial score (nSPS) is 15.7. The van der Waals surface area contributed by atoms with Gasteiger partial charge in [0.25, 0.3) is 5.91 Å². The third-order valence-electron chi connectivity index (χ3n) is 4.13. The van der Waals surface area contributed by atoms with Crippen LogP contribution in [-0.2, 0) is 11.2 Å². The molecule has 0 spiro atoms. The molecule has 5 heteroatoms. The van der Waals surface area contributed by atoms with E-state index in [0.29, 0.717) is 13.0 Å². The zero-order valence-electron chi connectivity index (χ0n) is 13.6. The first-order valence-corrected chi connectivity index (χ1v) is 9.08. The van der Waals surface area contributed by atoms with Gasteiger partial charge in [0.1, 0.15) is 0 Å². The minimum atomic E-state index is 0.00925. The Morgan fingerprint density at radius 1 is 1.36 bits per heavy atom. The number of thiophene rings is 1. The van der Waals surface area contributed by atoms with Crippen molar-refractivity contribution in [3.8, 4) is 0 Å². The minimum Gasteiger partial charge on any atom is -0.351 e. The molecule has 1 N–H and O–H groups in total. The van der Waals surface area contributed by atoms with Gasteiger partial charge >= 0.3 is 0 Å². The number of amides is 2. The van der Waals surface area contributed by atoms with Gasteiger partial charge in [-0.3, -0.25) is 9.59 Å². The van der Waals surface area contributed by atoms with E-state index in [0.717, 1.165) is 50.1 Å². The van der Waals surface area contributed by atoms with Gasteiger partial charge in [0, 0.05) is 30.9 Å². The third kappa shape index (κ3) is 4.57. The van der Waals surface area contributed by atoms with Gasteiger partial charge < -0.3 is 10.2 Å². The van der Waals surface area contributed by atoms with E-state index in [1.807, 2.05) is 11.0 Å². The molecule has 4 nitrogen and oxygen atoms in total. The molecule has 2 heterocycles. The summed E-state index contributed by atoms with van der Waals surface area (Å²) >= 11 is 1.58. The highest BCUT2D eigenvalue weighted by Crippen LogP contribution is 2.22. The molecule has 0 saturated carbocycles. The van der Waals surface area contributed by atoms with Crippen LogP contribution in [0.2, 0.25) is 0 Å². The zero-order chi connectivity index (χ0) is 15.9. The van der Waals surface area contributed by atoms with Crippen LogP contribution in [0.5, 0.6) is 0 Å². The van der Waals surface area contributed by atoms with Gasteiger partial charge in [-0.1, -0.05) is 13.3 Å². The highest BCUT2D eigenvalue weighted by Gasteiger charge is 2.16. The maximum absolute atomic E-state index is 12.1. The molecule has 0 radical (unpaired) electrons. The number of carbonyl (C=O) groups excluding carboxylic acids is 2. The van der Waals surface area contributed by atoms with E-state index < -0.39 is 0 Å². The van der Waals surface area contributed by atoms with E-state index in [1.54, 1.807) is 11.3 Å². The number of hydrogen-bond donors (Lipinski definition) is 1. The average molecular weight is 322 g/mol. The lowest BCUT2D eigenvalue weighted by molar-refractivity contribution is -0.130. The summed E-state index contributed by atoms with van der Waals surface area (Å²) < 4.78 is 0. The average Bonchev–Trinajstić information content (AvgIpc) is 2.77. The molecule has 1 saturated heterocycles. The van der Waals surface area contributed by atoms with E-state index in [4.69, 9.17) is 0 Å². The Bertz CT molecular complexity index is 525. The molecule has 122 valence electrons. The van der Waals surface area contributed by atoms with Gasteiger partial charge in [-0.2, -0.15) is 0 Å². The Balaban J connectivity index is 1.73. The van der Waals surface area contributed by atoms with Gasteiger partial charge in [0.15, 0.2) is 0 Å². The van der Waals surface area contributed by atoms with Gasteiger partial charge in [0.2, 0.25) is 5.91 Å². The molecular weight excluding hydrogens is 296 g/mol. The number of likely N-dealkylation sites (tertiary alicyclic amines) is 1. The Morgan fingerprint density at radius 2 is 2.18 bits per heavy atom. The summed E-state index contributed by atoms with van der Waals surface area (Å²) in [7, 11) is 0. The predicted molar refractivity (Wildman–Crippen MR) is 90.4 cm³/mol. The number of hydrogen-bond acceptors (Lipinski definition) is 3. The summed E-state index contributed by atoms with van der Waals surface area (Å²) in [6, 6.07) is 1.97. The van der Waals surface area contributed by atoms with Crippen molar-refractivity contribution in [3.05, 3.63) is 21.4 Å². The summed E-state index contributed by atoms with van der Waals surface area (Å²) in [5, 5.41) is 2.97. The monoisotopic (exact) mass is 322 g/mol. The van der Waals surface area contributed by atoms with Crippen LogP contribution in [0.1, 0.15) is 59.1 Å². The van der Waals surface area contributed by atoms with E-state index >= 15 is 0 Å². The van der Waals surface area contributed by atoms with E-state index in [9.17, 15) is 9.59 Å². The molecule has 0 bridgehead atoms. The summed E-state index contributed by atoms with van der Waals surface area (Å²) in [5.74, 6) is 0.278. The van der Waals surface area contributed by atoms with E-state index in [2.05, 4.69) is 19.2 Å². The van der Waals surface area contributed by atoms with Crippen LogP contribution in [0.15, 0.2) is 6.07 Å². The number of aryl methyl sites for hydroxylation is 2. The number of carbonyl (C=O) groups is 2. The predicted octanol–water partition coefficient (Wildman–Crippen LogP) is 3.14. The lowest BCUT2D eigenvalue weighted by atomic mass is 10.2. The van der Waals surface area contributed by atoms with Crippen molar-refractivity contribution in [3.63, 3.8) is 0 Å². The SMILES string of the molecule is CCc1sc(C(=O)NCCCN2CCCCCC2=O)cc1C. The fourth-order valence-electron chi connectivity index (χ4n) is 2.82. The lowest BCUT2D eigenvalue weighted by Gasteiger charge is -2.20. The number of nitrogens with zero attached hydrogens (tertiary/aromatic N) is 1. The second kappa shape index (κ2) is 8.32. The van der Waals surface area contributed by atoms with E-state index in [1.165, 1.54) is 10.4 Å². The Morgan fingerprint density at radius 3 is 2.91 bits per heavy atom. The molecule has 1 fully saturated rings. The van der Waals surface area contributed by atoms with Crippen LogP contribution in [0.4, 0.5) is 0 Å². The molecule has 2 amide bonds. The molecule has 0 aromatic carbocycles. The Kier molecular flexibility index (Phi) is 6.43. The summed E-state index contributed by atoms with van der Waals surface area (Å²) in [6.07, 6.45) is 5.75. The second-order valence-corrected chi connectivity index (χ2v) is 7.01. The van der Waals surface area contributed by atoms with Gasteiger partial charge in [-0.25, -0.2) is 0 Å². The maximum atomic E-state index is 12.1. The Labute approximate surface area is 136 Å². The largest absolute Gasteiger partial charge is 0.351 e. The zero-order valence-corrected chi connectivity index (χ0v) is 14.4. The molecule has 0 aliphatic carbocycles. The fourth-order valence-corrected chi connectivity index (χ4v) is 3.85. The second-order valence-electron chi connectivity index (χ2n) is 5.87. The maximum Gasteiger partial charge on any atom is 0.261 e. The quantitative estimate of drug-likeness (QED) is 0.818. The minimum absolute atomic E-state index is 0.00925. The number of rotatable bonds is 6. The highest BCUT2D eigenvalue weighted by atomic mass is 32.1. The van der Waals surface area contributed by atoms with Gasteiger partial charge in [0.05, 0.1) is 4.88 Å². The molecule has 1 aromatic rings. The molecule has 0 atom stereocenters. The van der Waals surface area contributed by atoms with Crippen LogP contribution >= 0.6 is 11.3 Å². The van der Waals surface area contributed by atoms with Crippen LogP contribution < -0.4 is 5.32 Å². The van der Waals surface area contributed by atoms with Crippen molar-refractivity contribution in [1.29, 1.82) is 0 Å².